The third kappa shape index (κ3) is 5.48. The van der Waals surface area contributed by atoms with Gasteiger partial charge >= 0.3 is 6.03 Å². The van der Waals surface area contributed by atoms with Crippen LogP contribution in [0.4, 0.5) is 9.18 Å². The number of fused-ring (bicyclic) bond motifs is 1. The maximum atomic E-state index is 13.5. The molecule has 0 aromatic heterocycles. The number of nitrogens with zero attached hydrogens (tertiary/aromatic N) is 4. The van der Waals surface area contributed by atoms with Gasteiger partial charge < -0.3 is 15.1 Å². The lowest BCUT2D eigenvalue weighted by Gasteiger charge is -2.54. The maximum Gasteiger partial charge on any atom is 0.334 e. The molecule has 2 aliphatic rings. The van der Waals surface area contributed by atoms with Crippen molar-refractivity contribution in [1.29, 1.82) is 0 Å². The van der Waals surface area contributed by atoms with Crippen molar-refractivity contribution in [2.24, 2.45) is 0 Å². The number of urea groups is 1. The number of carbonyl (C=O) groups is 3. The van der Waals surface area contributed by atoms with Crippen molar-refractivity contribution in [2.45, 2.75) is 45.1 Å². The van der Waals surface area contributed by atoms with Crippen LogP contribution in [0.3, 0.4) is 0 Å². The second-order valence-corrected chi connectivity index (χ2v) is 9.80. The monoisotopic (exact) mass is 545 g/mol. The van der Waals surface area contributed by atoms with Crippen LogP contribution in [0.2, 0.25) is 0 Å². The SMILES string of the molecule is CCC[C@H]1C(=O)N(Cc2cccc(Br)c2)C[C@H]2N1C(=O)CN(C)N2C(=O)NCc1ccc(F)cc1. The Morgan fingerprint density at radius 2 is 1.89 bits per heavy atom. The van der Waals surface area contributed by atoms with Crippen LogP contribution in [0.25, 0.3) is 0 Å². The first-order valence-corrected chi connectivity index (χ1v) is 12.4. The van der Waals surface area contributed by atoms with E-state index < -0.39 is 12.2 Å². The quantitative estimate of drug-likeness (QED) is 0.604. The summed E-state index contributed by atoms with van der Waals surface area (Å²) >= 11 is 3.47. The summed E-state index contributed by atoms with van der Waals surface area (Å²) in [6.07, 6.45) is 0.616. The summed E-state index contributed by atoms with van der Waals surface area (Å²) in [5, 5.41) is 5.99. The average Bonchev–Trinajstić information content (AvgIpc) is 2.81. The van der Waals surface area contributed by atoms with Crippen LogP contribution >= 0.6 is 15.9 Å². The lowest BCUT2D eigenvalue weighted by Crippen LogP contribution is -2.75. The van der Waals surface area contributed by atoms with Gasteiger partial charge in [0.05, 0.1) is 13.1 Å². The van der Waals surface area contributed by atoms with Crippen LogP contribution in [-0.4, -0.2) is 70.0 Å². The zero-order chi connectivity index (χ0) is 25.1. The highest BCUT2D eigenvalue weighted by Gasteiger charge is 2.50. The highest BCUT2D eigenvalue weighted by molar-refractivity contribution is 9.10. The van der Waals surface area contributed by atoms with Crippen LogP contribution in [0.5, 0.6) is 0 Å². The molecule has 2 aliphatic heterocycles. The van der Waals surface area contributed by atoms with E-state index in [2.05, 4.69) is 21.2 Å². The van der Waals surface area contributed by atoms with E-state index in [9.17, 15) is 18.8 Å². The molecule has 2 aromatic rings. The summed E-state index contributed by atoms with van der Waals surface area (Å²) in [5.41, 5.74) is 1.71. The Balaban J connectivity index is 1.58. The van der Waals surface area contributed by atoms with Crippen LogP contribution in [-0.2, 0) is 22.7 Å². The molecule has 35 heavy (non-hydrogen) atoms. The van der Waals surface area contributed by atoms with Crippen LogP contribution in [0.15, 0.2) is 53.0 Å². The fourth-order valence-electron chi connectivity index (χ4n) is 4.71. The molecule has 0 radical (unpaired) electrons. The van der Waals surface area contributed by atoms with E-state index in [1.165, 1.54) is 17.1 Å². The molecule has 4 rings (SSSR count). The molecule has 0 aliphatic carbocycles. The van der Waals surface area contributed by atoms with Crippen molar-refractivity contribution in [3.05, 3.63) is 69.9 Å². The molecule has 0 saturated carbocycles. The third-order valence-corrected chi connectivity index (χ3v) is 6.82. The van der Waals surface area contributed by atoms with Crippen molar-refractivity contribution in [3.63, 3.8) is 0 Å². The number of carbonyl (C=O) groups excluding carboxylic acids is 3. The number of nitrogens with one attached hydrogen (secondary N) is 1. The average molecular weight is 546 g/mol. The maximum absolute atomic E-state index is 13.5. The van der Waals surface area contributed by atoms with E-state index in [4.69, 9.17) is 0 Å². The molecular weight excluding hydrogens is 517 g/mol. The number of piperazine rings is 1. The van der Waals surface area contributed by atoms with Gasteiger partial charge in [0.1, 0.15) is 18.0 Å². The summed E-state index contributed by atoms with van der Waals surface area (Å²) in [7, 11) is 1.69. The van der Waals surface area contributed by atoms with E-state index >= 15 is 0 Å². The minimum absolute atomic E-state index is 0.000402. The Kier molecular flexibility index (Phi) is 7.71. The van der Waals surface area contributed by atoms with Gasteiger partial charge in [0.2, 0.25) is 11.8 Å². The van der Waals surface area contributed by atoms with E-state index in [-0.39, 0.29) is 43.3 Å². The van der Waals surface area contributed by atoms with Gasteiger partial charge in [-0.15, -0.1) is 0 Å². The molecule has 8 nitrogen and oxygen atoms in total. The highest BCUT2D eigenvalue weighted by Crippen LogP contribution is 2.29. The van der Waals surface area contributed by atoms with E-state index in [0.29, 0.717) is 13.0 Å². The summed E-state index contributed by atoms with van der Waals surface area (Å²) in [5.74, 6) is -0.619. The third-order valence-electron chi connectivity index (χ3n) is 6.33. The first kappa shape index (κ1) is 25.1. The van der Waals surface area contributed by atoms with Gasteiger partial charge in [-0.25, -0.2) is 19.2 Å². The summed E-state index contributed by atoms with van der Waals surface area (Å²) in [6.45, 7) is 2.77. The van der Waals surface area contributed by atoms with Crippen LogP contribution in [0, 0.1) is 5.82 Å². The number of rotatable bonds is 6. The minimum Gasteiger partial charge on any atom is -0.333 e. The Labute approximate surface area is 212 Å². The Hall–Kier alpha value is -2.98. The van der Waals surface area contributed by atoms with Crippen molar-refractivity contribution < 1.29 is 18.8 Å². The van der Waals surface area contributed by atoms with Crippen molar-refractivity contribution in [2.75, 3.05) is 20.1 Å². The molecule has 2 heterocycles. The molecule has 2 fully saturated rings. The predicted molar refractivity (Wildman–Crippen MR) is 132 cm³/mol. The number of benzene rings is 2. The fourth-order valence-corrected chi connectivity index (χ4v) is 5.16. The largest absolute Gasteiger partial charge is 0.334 e. The first-order valence-electron chi connectivity index (χ1n) is 11.7. The number of likely N-dealkylation sites (N-methyl/N-ethyl adjacent to an activating group) is 1. The molecular formula is C25H29BrFN5O3. The number of hydrazine groups is 1. The van der Waals surface area contributed by atoms with Gasteiger partial charge in [-0.05, 0) is 41.8 Å². The Bertz CT molecular complexity index is 1100. The van der Waals surface area contributed by atoms with Gasteiger partial charge in [0.25, 0.3) is 0 Å². The number of hydrogen-bond donors (Lipinski definition) is 1. The predicted octanol–water partition coefficient (Wildman–Crippen LogP) is 3.33. The molecule has 186 valence electrons. The van der Waals surface area contributed by atoms with E-state index in [0.717, 1.165) is 22.0 Å². The second kappa shape index (κ2) is 10.7. The van der Waals surface area contributed by atoms with Crippen molar-refractivity contribution >= 4 is 33.8 Å². The molecule has 2 atom stereocenters. The molecule has 4 amide bonds. The lowest BCUT2D eigenvalue weighted by molar-refractivity contribution is -0.188. The van der Waals surface area contributed by atoms with E-state index in [1.54, 1.807) is 34.0 Å². The van der Waals surface area contributed by atoms with E-state index in [1.807, 2.05) is 31.2 Å². The molecule has 2 aromatic carbocycles. The second-order valence-electron chi connectivity index (χ2n) is 8.88. The van der Waals surface area contributed by atoms with Crippen LogP contribution < -0.4 is 5.32 Å². The van der Waals surface area contributed by atoms with Crippen molar-refractivity contribution in [1.82, 2.24) is 25.1 Å². The number of amides is 4. The normalized spacial score (nSPS) is 20.7. The molecule has 0 unspecified atom stereocenters. The molecule has 0 bridgehead atoms. The van der Waals surface area contributed by atoms with Gasteiger partial charge in [0.15, 0.2) is 0 Å². The Morgan fingerprint density at radius 3 is 2.57 bits per heavy atom. The van der Waals surface area contributed by atoms with Gasteiger partial charge in [0, 0.05) is 24.6 Å². The summed E-state index contributed by atoms with van der Waals surface area (Å²) in [6, 6.07) is 12.6. The fraction of sp³-hybridized carbons (Fsp3) is 0.400. The minimum atomic E-state index is -0.629. The Morgan fingerprint density at radius 1 is 1.14 bits per heavy atom. The lowest BCUT2D eigenvalue weighted by atomic mass is 10.0. The topological polar surface area (TPSA) is 76.2 Å². The highest BCUT2D eigenvalue weighted by atomic mass is 79.9. The zero-order valence-electron chi connectivity index (χ0n) is 19.8. The summed E-state index contributed by atoms with van der Waals surface area (Å²) < 4.78 is 14.1. The van der Waals surface area contributed by atoms with Gasteiger partial charge in [-0.2, -0.15) is 0 Å². The number of hydrogen-bond acceptors (Lipinski definition) is 4. The number of halogens is 2. The molecule has 2 saturated heterocycles. The smallest absolute Gasteiger partial charge is 0.333 e. The van der Waals surface area contributed by atoms with Crippen molar-refractivity contribution in [3.8, 4) is 0 Å². The standard InChI is InChI=1S/C25H29BrFN5O3/c1-3-5-21-24(34)30(14-18-6-4-7-19(26)12-18)15-22-31(21)23(33)16-29(2)32(22)25(35)28-13-17-8-10-20(27)11-9-17/h4,6-12,21-22H,3,5,13-16H2,1-2H3,(H,28,35)/t21-,22-/m0/s1. The van der Waals surface area contributed by atoms with Crippen LogP contribution in [0.1, 0.15) is 30.9 Å². The zero-order valence-corrected chi connectivity index (χ0v) is 21.4. The summed E-state index contributed by atoms with van der Waals surface area (Å²) in [4.78, 5) is 43.2. The molecule has 1 N–H and O–H groups in total. The van der Waals surface area contributed by atoms with Gasteiger partial charge in [-0.1, -0.05) is 53.5 Å². The first-order chi connectivity index (χ1) is 16.8. The van der Waals surface area contributed by atoms with Gasteiger partial charge in [-0.3, -0.25) is 9.59 Å². The molecule has 0 spiro atoms. The molecule has 10 heteroatoms.